The molecule has 0 unspecified atom stereocenters. The van der Waals surface area contributed by atoms with Crippen LogP contribution in [0.5, 0.6) is 0 Å². The number of nitrogens with zero attached hydrogens (tertiary/aromatic N) is 3. The van der Waals surface area contributed by atoms with Crippen molar-refractivity contribution < 1.29 is 4.52 Å². The van der Waals surface area contributed by atoms with Crippen LogP contribution >= 0.6 is 12.4 Å². The number of hydrogen-bond acceptors (Lipinski definition) is 5. The fourth-order valence-corrected chi connectivity index (χ4v) is 0.937. The molecule has 0 aliphatic rings. The topological polar surface area (TPSA) is 77.8 Å². The first kappa shape index (κ1) is 10.6. The first-order valence-corrected chi connectivity index (χ1v) is 3.84. The zero-order valence-corrected chi connectivity index (χ0v) is 8.07. The van der Waals surface area contributed by atoms with Crippen LogP contribution in [-0.4, -0.2) is 15.1 Å². The van der Waals surface area contributed by atoms with Gasteiger partial charge in [-0.05, 0) is 12.1 Å². The molecule has 0 bridgehead atoms. The first-order valence-electron chi connectivity index (χ1n) is 3.84. The zero-order chi connectivity index (χ0) is 9.10. The van der Waals surface area contributed by atoms with Crippen molar-refractivity contribution in [2.75, 3.05) is 0 Å². The lowest BCUT2D eigenvalue weighted by Crippen LogP contribution is -1.95. The summed E-state index contributed by atoms with van der Waals surface area (Å²) in [6.45, 7) is 0.250. The molecule has 0 aliphatic carbocycles. The van der Waals surface area contributed by atoms with Gasteiger partial charge in [0.2, 0.25) is 11.7 Å². The summed E-state index contributed by atoms with van der Waals surface area (Å²) in [7, 11) is 0. The van der Waals surface area contributed by atoms with Gasteiger partial charge in [-0.15, -0.1) is 12.4 Å². The van der Waals surface area contributed by atoms with Crippen molar-refractivity contribution in [3.05, 3.63) is 30.3 Å². The van der Waals surface area contributed by atoms with Gasteiger partial charge in [0.15, 0.2) is 0 Å². The van der Waals surface area contributed by atoms with Crippen LogP contribution in [0.3, 0.4) is 0 Å². The van der Waals surface area contributed by atoms with Crippen molar-refractivity contribution in [1.82, 2.24) is 15.1 Å². The zero-order valence-electron chi connectivity index (χ0n) is 7.25. The number of hydrogen-bond donors (Lipinski definition) is 1. The molecule has 0 amide bonds. The third-order valence-corrected chi connectivity index (χ3v) is 1.54. The van der Waals surface area contributed by atoms with Crippen LogP contribution in [0.1, 0.15) is 5.89 Å². The Balaban J connectivity index is 0.000000980. The van der Waals surface area contributed by atoms with Crippen molar-refractivity contribution in [3.8, 4) is 11.5 Å². The predicted octanol–water partition coefficient (Wildman–Crippen LogP) is 1.01. The molecule has 0 aromatic carbocycles. The quantitative estimate of drug-likeness (QED) is 0.804. The van der Waals surface area contributed by atoms with Crippen molar-refractivity contribution in [3.63, 3.8) is 0 Å². The Morgan fingerprint density at radius 1 is 1.36 bits per heavy atom. The lowest BCUT2D eigenvalue weighted by molar-refractivity contribution is 0.380. The van der Waals surface area contributed by atoms with Crippen LogP contribution < -0.4 is 5.73 Å². The Bertz CT molecular complexity index is 389. The largest absolute Gasteiger partial charge is 0.338 e. The SMILES string of the molecule is Cl.NCc1nc(-c2ccccn2)no1. The molecule has 14 heavy (non-hydrogen) atoms. The second kappa shape index (κ2) is 4.69. The third kappa shape index (κ3) is 2.07. The maximum atomic E-state index is 5.32. The van der Waals surface area contributed by atoms with E-state index in [4.69, 9.17) is 10.3 Å². The van der Waals surface area contributed by atoms with Gasteiger partial charge in [-0.1, -0.05) is 11.2 Å². The van der Waals surface area contributed by atoms with Crippen LogP contribution in [0.25, 0.3) is 11.5 Å². The van der Waals surface area contributed by atoms with Gasteiger partial charge >= 0.3 is 0 Å². The molecule has 0 atom stereocenters. The van der Waals surface area contributed by atoms with Gasteiger partial charge < -0.3 is 10.3 Å². The van der Waals surface area contributed by atoms with Crippen LogP contribution in [0.2, 0.25) is 0 Å². The predicted molar refractivity (Wildman–Crippen MR) is 52.7 cm³/mol. The van der Waals surface area contributed by atoms with Crippen LogP contribution in [0, 0.1) is 0 Å². The Morgan fingerprint density at radius 3 is 2.79 bits per heavy atom. The minimum absolute atomic E-state index is 0. The summed E-state index contributed by atoms with van der Waals surface area (Å²) in [6.07, 6.45) is 1.67. The molecule has 5 nitrogen and oxygen atoms in total. The van der Waals surface area contributed by atoms with Crippen molar-refractivity contribution >= 4 is 12.4 Å². The van der Waals surface area contributed by atoms with Gasteiger partial charge in [0.05, 0.1) is 6.54 Å². The van der Waals surface area contributed by atoms with E-state index in [0.717, 1.165) is 0 Å². The fourth-order valence-electron chi connectivity index (χ4n) is 0.937. The van der Waals surface area contributed by atoms with E-state index in [-0.39, 0.29) is 19.0 Å². The number of halogens is 1. The molecule has 6 heteroatoms. The molecule has 0 radical (unpaired) electrons. The van der Waals surface area contributed by atoms with Gasteiger partial charge in [0, 0.05) is 6.20 Å². The average molecular weight is 213 g/mol. The van der Waals surface area contributed by atoms with E-state index < -0.39 is 0 Å². The van der Waals surface area contributed by atoms with Crippen molar-refractivity contribution in [2.45, 2.75) is 6.54 Å². The van der Waals surface area contributed by atoms with E-state index in [0.29, 0.717) is 17.4 Å². The van der Waals surface area contributed by atoms with E-state index >= 15 is 0 Å². The maximum Gasteiger partial charge on any atom is 0.240 e. The van der Waals surface area contributed by atoms with Gasteiger partial charge in [0.1, 0.15) is 5.69 Å². The maximum absolute atomic E-state index is 5.32. The molecule has 2 rings (SSSR count). The standard InChI is InChI=1S/C8H8N4O.ClH/c9-5-7-11-8(12-13-7)6-3-1-2-4-10-6;/h1-4H,5,9H2;1H. The van der Waals surface area contributed by atoms with E-state index in [2.05, 4.69) is 15.1 Å². The summed E-state index contributed by atoms with van der Waals surface area (Å²) in [5.74, 6) is 0.890. The van der Waals surface area contributed by atoms with Gasteiger partial charge in [0.25, 0.3) is 0 Å². The molecule has 0 aliphatic heterocycles. The molecule has 2 heterocycles. The Morgan fingerprint density at radius 2 is 2.21 bits per heavy atom. The van der Waals surface area contributed by atoms with Crippen molar-refractivity contribution in [2.24, 2.45) is 5.73 Å². The minimum atomic E-state index is 0. The second-order valence-electron chi connectivity index (χ2n) is 2.43. The normalized spacial score (nSPS) is 9.50. The summed E-state index contributed by atoms with van der Waals surface area (Å²) in [5.41, 5.74) is 6.01. The van der Waals surface area contributed by atoms with E-state index in [9.17, 15) is 0 Å². The van der Waals surface area contributed by atoms with E-state index in [1.165, 1.54) is 0 Å². The third-order valence-electron chi connectivity index (χ3n) is 1.54. The number of aromatic nitrogens is 3. The molecular formula is C8H9ClN4O. The highest BCUT2D eigenvalue weighted by molar-refractivity contribution is 5.85. The van der Waals surface area contributed by atoms with Gasteiger partial charge in [-0.3, -0.25) is 4.98 Å². The lowest BCUT2D eigenvalue weighted by atomic mass is 10.3. The molecule has 0 spiro atoms. The summed E-state index contributed by atoms with van der Waals surface area (Å²) >= 11 is 0. The Hall–Kier alpha value is -1.46. The monoisotopic (exact) mass is 212 g/mol. The van der Waals surface area contributed by atoms with Crippen molar-refractivity contribution in [1.29, 1.82) is 0 Å². The molecule has 2 aromatic heterocycles. The highest BCUT2D eigenvalue weighted by atomic mass is 35.5. The number of rotatable bonds is 2. The van der Waals surface area contributed by atoms with Crippen LogP contribution in [-0.2, 0) is 6.54 Å². The number of pyridine rings is 1. The molecule has 74 valence electrons. The van der Waals surface area contributed by atoms with E-state index in [1.54, 1.807) is 6.20 Å². The summed E-state index contributed by atoms with van der Waals surface area (Å²) in [4.78, 5) is 8.10. The summed E-state index contributed by atoms with van der Waals surface area (Å²) in [6, 6.07) is 5.50. The lowest BCUT2D eigenvalue weighted by Gasteiger charge is -1.88. The van der Waals surface area contributed by atoms with Gasteiger partial charge in [-0.25, -0.2) is 0 Å². The molecular weight excluding hydrogens is 204 g/mol. The van der Waals surface area contributed by atoms with Gasteiger partial charge in [-0.2, -0.15) is 4.98 Å². The Kier molecular flexibility index (Phi) is 3.55. The summed E-state index contributed by atoms with van der Waals surface area (Å²) in [5, 5.41) is 3.73. The molecule has 0 fully saturated rings. The minimum Gasteiger partial charge on any atom is -0.338 e. The molecule has 2 aromatic rings. The molecule has 0 saturated carbocycles. The molecule has 2 N–H and O–H groups in total. The molecule has 0 saturated heterocycles. The average Bonchev–Trinajstić information content (AvgIpc) is 2.67. The first-order chi connectivity index (χ1) is 6.40. The highest BCUT2D eigenvalue weighted by Gasteiger charge is 2.06. The summed E-state index contributed by atoms with van der Waals surface area (Å²) < 4.78 is 4.84. The fraction of sp³-hybridized carbons (Fsp3) is 0.125. The number of nitrogens with two attached hydrogens (primary N) is 1. The smallest absolute Gasteiger partial charge is 0.240 e. The highest BCUT2D eigenvalue weighted by Crippen LogP contribution is 2.10. The van der Waals surface area contributed by atoms with Crippen LogP contribution in [0.4, 0.5) is 0 Å². The second-order valence-corrected chi connectivity index (χ2v) is 2.43. The Labute approximate surface area is 86.8 Å². The van der Waals surface area contributed by atoms with E-state index in [1.807, 2.05) is 18.2 Å². The van der Waals surface area contributed by atoms with Crippen LogP contribution in [0.15, 0.2) is 28.9 Å².